The molecule has 0 aliphatic rings. The van der Waals surface area contributed by atoms with Gasteiger partial charge >= 0.3 is 0 Å². The smallest absolute Gasteiger partial charge is 0.299 e. The van der Waals surface area contributed by atoms with E-state index in [1.54, 1.807) is 6.07 Å². The zero-order valence-electron chi connectivity index (χ0n) is 14.6. The van der Waals surface area contributed by atoms with Crippen LogP contribution in [0, 0.1) is 0 Å². The summed E-state index contributed by atoms with van der Waals surface area (Å²) in [6.07, 6.45) is 8.38. The minimum absolute atomic E-state index is 0.214. The fraction of sp³-hybridized carbons (Fsp3) is 0.400. The lowest BCUT2D eigenvalue weighted by Gasteiger charge is -2.11. The summed E-state index contributed by atoms with van der Waals surface area (Å²) >= 11 is 0. The number of aryl methyl sites for hydroxylation is 1. The Labute approximate surface area is 152 Å². The van der Waals surface area contributed by atoms with Gasteiger partial charge in [-0.05, 0) is 42.7 Å². The highest BCUT2D eigenvalue weighted by molar-refractivity contribution is 7.67. The van der Waals surface area contributed by atoms with Crippen LogP contribution in [0.5, 0.6) is 17.2 Å². The minimum atomic E-state index is -2.98. The molecule has 0 N–H and O–H groups in total. The van der Waals surface area contributed by atoms with Gasteiger partial charge in [-0.2, -0.15) is 8.42 Å². The Balaban J connectivity index is 2.02. The van der Waals surface area contributed by atoms with Crippen LogP contribution in [0.4, 0.5) is 0 Å². The Morgan fingerprint density at radius 1 is 0.840 bits per heavy atom. The van der Waals surface area contributed by atoms with Gasteiger partial charge in [0.15, 0.2) is 11.5 Å². The fourth-order valence-electron chi connectivity index (χ4n) is 2.67. The third-order valence-electron chi connectivity index (χ3n) is 3.97. The number of ether oxygens (including phenoxy) is 1. The van der Waals surface area contributed by atoms with E-state index in [9.17, 15) is 8.42 Å². The highest BCUT2D eigenvalue weighted by Crippen LogP contribution is 2.33. The van der Waals surface area contributed by atoms with Crippen molar-refractivity contribution >= 4 is 11.0 Å². The first-order chi connectivity index (χ1) is 12.2. The lowest BCUT2D eigenvalue weighted by molar-refractivity contribution is 0.443. The molecule has 0 aliphatic carbocycles. The largest absolute Gasteiger partial charge is 0.453 e. The number of thiol groups is 1. The van der Waals surface area contributed by atoms with Crippen molar-refractivity contribution in [2.45, 2.75) is 51.9 Å². The number of benzene rings is 2. The van der Waals surface area contributed by atoms with Gasteiger partial charge in [-0.1, -0.05) is 63.3 Å². The SMILES string of the molecule is CCCCCCCCc1ccc(O[SH](=O)=O)c(Oc2ccccc2)c1. The predicted octanol–water partition coefficient (Wildman–Crippen LogP) is 5.29. The van der Waals surface area contributed by atoms with Gasteiger partial charge in [-0.25, -0.2) is 0 Å². The molecule has 0 aliphatic heterocycles. The van der Waals surface area contributed by atoms with E-state index < -0.39 is 11.0 Å². The van der Waals surface area contributed by atoms with Crippen LogP contribution in [0.25, 0.3) is 0 Å². The molecular formula is C20H26O4S. The van der Waals surface area contributed by atoms with Crippen molar-refractivity contribution in [2.24, 2.45) is 0 Å². The first kappa shape index (κ1) is 19.3. The second-order valence-electron chi connectivity index (χ2n) is 6.03. The third-order valence-corrected chi connectivity index (χ3v) is 4.32. The van der Waals surface area contributed by atoms with Crippen molar-refractivity contribution in [3.05, 3.63) is 54.1 Å². The summed E-state index contributed by atoms with van der Waals surface area (Å²) in [5.74, 6) is 1.28. The van der Waals surface area contributed by atoms with E-state index in [4.69, 9.17) is 8.92 Å². The van der Waals surface area contributed by atoms with Crippen molar-refractivity contribution in [2.75, 3.05) is 0 Å². The molecule has 136 valence electrons. The second-order valence-corrected chi connectivity index (χ2v) is 6.66. The number of para-hydroxylation sites is 1. The lowest BCUT2D eigenvalue weighted by atomic mass is 10.0. The molecule has 0 spiro atoms. The monoisotopic (exact) mass is 362 g/mol. The molecule has 0 atom stereocenters. The van der Waals surface area contributed by atoms with Crippen LogP contribution in [0.15, 0.2) is 48.5 Å². The van der Waals surface area contributed by atoms with Crippen molar-refractivity contribution in [1.29, 1.82) is 0 Å². The molecule has 2 aromatic rings. The molecule has 2 rings (SSSR count). The maximum Gasteiger partial charge on any atom is 0.299 e. The van der Waals surface area contributed by atoms with Gasteiger partial charge in [0.25, 0.3) is 11.0 Å². The molecular weight excluding hydrogens is 336 g/mol. The van der Waals surface area contributed by atoms with Gasteiger partial charge in [0.05, 0.1) is 0 Å². The van der Waals surface area contributed by atoms with Crippen molar-refractivity contribution in [3.8, 4) is 17.2 Å². The Hall–Kier alpha value is -2.01. The number of hydrogen-bond acceptors (Lipinski definition) is 4. The van der Waals surface area contributed by atoms with E-state index in [2.05, 4.69) is 6.92 Å². The first-order valence-corrected chi connectivity index (χ1v) is 9.96. The molecule has 4 nitrogen and oxygen atoms in total. The van der Waals surface area contributed by atoms with Gasteiger partial charge in [-0.15, -0.1) is 0 Å². The number of rotatable bonds is 11. The maximum absolute atomic E-state index is 10.9. The molecule has 5 heteroatoms. The molecule has 0 saturated heterocycles. The zero-order valence-corrected chi connectivity index (χ0v) is 15.5. The van der Waals surface area contributed by atoms with Crippen molar-refractivity contribution in [1.82, 2.24) is 0 Å². The molecule has 0 amide bonds. The van der Waals surface area contributed by atoms with E-state index in [1.165, 1.54) is 32.1 Å². The molecule has 0 aromatic heterocycles. The molecule has 0 saturated carbocycles. The highest BCUT2D eigenvalue weighted by Gasteiger charge is 2.09. The minimum Gasteiger partial charge on any atom is -0.453 e. The van der Waals surface area contributed by atoms with Crippen LogP contribution in [-0.4, -0.2) is 8.42 Å². The van der Waals surface area contributed by atoms with E-state index >= 15 is 0 Å². The lowest BCUT2D eigenvalue weighted by Crippen LogP contribution is -1.96. The van der Waals surface area contributed by atoms with Crippen LogP contribution in [0.3, 0.4) is 0 Å². The second kappa shape index (κ2) is 10.8. The summed E-state index contributed by atoms with van der Waals surface area (Å²) < 4.78 is 32.5. The van der Waals surface area contributed by atoms with Gasteiger partial charge in [0.2, 0.25) is 0 Å². The average molecular weight is 362 g/mol. The first-order valence-electron chi connectivity index (χ1n) is 8.87. The molecule has 2 aromatic carbocycles. The summed E-state index contributed by atoms with van der Waals surface area (Å²) in [5, 5.41) is 0. The van der Waals surface area contributed by atoms with Gasteiger partial charge in [-0.3, -0.25) is 0 Å². The van der Waals surface area contributed by atoms with E-state index in [0.717, 1.165) is 18.4 Å². The molecule has 0 fully saturated rings. The van der Waals surface area contributed by atoms with E-state index in [0.29, 0.717) is 11.5 Å². The molecule has 0 heterocycles. The van der Waals surface area contributed by atoms with Crippen LogP contribution < -0.4 is 8.92 Å². The summed E-state index contributed by atoms with van der Waals surface area (Å²) in [5.41, 5.74) is 1.12. The molecule has 0 radical (unpaired) electrons. The fourth-order valence-corrected chi connectivity index (χ4v) is 2.98. The molecule has 25 heavy (non-hydrogen) atoms. The number of unbranched alkanes of at least 4 members (excludes halogenated alkanes) is 5. The van der Waals surface area contributed by atoms with Crippen LogP contribution in [0.1, 0.15) is 51.0 Å². The predicted molar refractivity (Wildman–Crippen MR) is 101 cm³/mol. The number of hydrogen-bond donors (Lipinski definition) is 1. The van der Waals surface area contributed by atoms with E-state index in [-0.39, 0.29) is 5.75 Å². The van der Waals surface area contributed by atoms with Gasteiger partial charge in [0.1, 0.15) is 5.75 Å². The highest BCUT2D eigenvalue weighted by atomic mass is 32.2. The van der Waals surface area contributed by atoms with Gasteiger partial charge < -0.3 is 8.92 Å². The average Bonchev–Trinajstić information content (AvgIpc) is 2.60. The Kier molecular flexibility index (Phi) is 8.32. The zero-order chi connectivity index (χ0) is 17.9. The van der Waals surface area contributed by atoms with Crippen LogP contribution in [-0.2, 0) is 17.4 Å². The summed E-state index contributed by atoms with van der Waals surface area (Å²) in [6.45, 7) is 2.22. The molecule has 0 unspecified atom stereocenters. The Morgan fingerprint density at radius 3 is 2.28 bits per heavy atom. The topological polar surface area (TPSA) is 52.6 Å². The summed E-state index contributed by atoms with van der Waals surface area (Å²) in [7, 11) is -2.98. The Bertz CT molecular complexity index is 703. The van der Waals surface area contributed by atoms with Crippen molar-refractivity contribution < 1.29 is 17.3 Å². The van der Waals surface area contributed by atoms with Gasteiger partial charge in [0, 0.05) is 0 Å². The quantitative estimate of drug-likeness (QED) is 0.436. The normalized spacial score (nSPS) is 10.8. The summed E-state index contributed by atoms with van der Waals surface area (Å²) in [4.78, 5) is 0. The third kappa shape index (κ3) is 7.18. The molecule has 0 bridgehead atoms. The van der Waals surface area contributed by atoms with Crippen LogP contribution >= 0.6 is 0 Å². The standard InChI is InChI=1S/C20H26O4S/c1-2-3-4-5-6-8-11-17-14-15-19(24-25(21)22)20(16-17)23-18-12-9-7-10-13-18/h7,9-10,12-16,25H,2-6,8,11H2,1H3. The summed E-state index contributed by atoms with van der Waals surface area (Å²) in [6, 6.07) is 14.7. The van der Waals surface area contributed by atoms with Crippen molar-refractivity contribution in [3.63, 3.8) is 0 Å². The van der Waals surface area contributed by atoms with Crippen LogP contribution in [0.2, 0.25) is 0 Å². The van der Waals surface area contributed by atoms with E-state index in [1.807, 2.05) is 42.5 Å². The Morgan fingerprint density at radius 2 is 1.56 bits per heavy atom. The maximum atomic E-state index is 10.9.